The van der Waals surface area contributed by atoms with Crippen molar-refractivity contribution in [3.63, 3.8) is 0 Å². The van der Waals surface area contributed by atoms with Crippen molar-refractivity contribution >= 4 is 20.2 Å². The summed E-state index contributed by atoms with van der Waals surface area (Å²) in [5, 5.41) is 0. The number of hydrogen-bond acceptors (Lipinski definition) is 4. The van der Waals surface area contributed by atoms with E-state index in [2.05, 4.69) is 0 Å². The molecule has 0 saturated carbocycles. The molecule has 27 heavy (non-hydrogen) atoms. The van der Waals surface area contributed by atoms with E-state index in [1.165, 1.54) is 0 Å². The van der Waals surface area contributed by atoms with Crippen LogP contribution in [0, 0.1) is 34.9 Å². The molecule has 2 rings (SSSR count). The van der Waals surface area contributed by atoms with Gasteiger partial charge in [-0.15, -0.1) is 0 Å². The van der Waals surface area contributed by atoms with E-state index in [9.17, 15) is 43.2 Å². The zero-order valence-corrected chi connectivity index (χ0v) is 14.1. The summed E-state index contributed by atoms with van der Waals surface area (Å²) in [5.41, 5.74) is -2.99. The van der Waals surface area contributed by atoms with Crippen LogP contribution < -0.4 is 0 Å². The molecule has 2 aromatic carbocycles. The normalized spacial score (nSPS) is 12.4. The Morgan fingerprint density at radius 2 is 0.926 bits per heavy atom. The predicted molar refractivity (Wildman–Crippen MR) is 75.1 cm³/mol. The topological polar surface area (TPSA) is 109 Å². The van der Waals surface area contributed by atoms with Crippen LogP contribution in [0.1, 0.15) is 11.1 Å². The fourth-order valence-corrected chi connectivity index (χ4v) is 3.64. The molecule has 0 aliphatic heterocycles. The maximum Gasteiger partial charge on any atom is 0.295 e. The molecule has 0 spiro atoms. The van der Waals surface area contributed by atoms with Crippen LogP contribution in [0.15, 0.2) is 21.9 Å². The quantitative estimate of drug-likeness (QED) is 0.433. The molecule has 0 aromatic heterocycles. The van der Waals surface area contributed by atoms with Crippen LogP contribution in [-0.2, 0) is 26.7 Å². The lowest BCUT2D eigenvalue weighted by Gasteiger charge is -2.13. The van der Waals surface area contributed by atoms with Crippen LogP contribution in [0.25, 0.3) is 0 Å². The standard InChI is InChI=1S/C13H6F6O6S2/c14-6-2-8(26(20,21)22)4(10(16)12(6)18)1-5-9(27(23,24)25)3-7(15)13(19)11(5)17/h2-3H,1H2,(H,20,21,22)(H,23,24,25). The molecule has 0 heterocycles. The Morgan fingerprint density at radius 1 is 0.630 bits per heavy atom. The lowest BCUT2D eigenvalue weighted by atomic mass is 10.0. The second kappa shape index (κ2) is 6.78. The van der Waals surface area contributed by atoms with Crippen LogP contribution in [0.5, 0.6) is 0 Å². The van der Waals surface area contributed by atoms with Crippen molar-refractivity contribution in [1.29, 1.82) is 0 Å². The van der Waals surface area contributed by atoms with Crippen molar-refractivity contribution in [2.45, 2.75) is 16.2 Å². The molecule has 14 heteroatoms. The Kier molecular flexibility index (Phi) is 5.31. The van der Waals surface area contributed by atoms with Crippen LogP contribution in [0.2, 0.25) is 0 Å². The van der Waals surface area contributed by atoms with Gasteiger partial charge in [0.15, 0.2) is 34.9 Å². The maximum atomic E-state index is 14.0. The highest BCUT2D eigenvalue weighted by atomic mass is 32.2. The third-order valence-corrected chi connectivity index (χ3v) is 5.19. The molecule has 2 aromatic rings. The van der Waals surface area contributed by atoms with E-state index in [1.54, 1.807) is 0 Å². The van der Waals surface area contributed by atoms with Gasteiger partial charge in [0.2, 0.25) is 0 Å². The van der Waals surface area contributed by atoms with E-state index in [1.807, 2.05) is 0 Å². The lowest BCUT2D eigenvalue weighted by Crippen LogP contribution is -2.14. The number of rotatable bonds is 4. The molecule has 0 bridgehead atoms. The Bertz CT molecular complexity index is 1070. The lowest BCUT2D eigenvalue weighted by molar-refractivity contribution is 0.423. The Hall–Kier alpha value is -2.16. The zero-order chi connectivity index (χ0) is 20.9. The van der Waals surface area contributed by atoms with E-state index in [0.29, 0.717) is 0 Å². The first-order valence-electron chi connectivity index (χ1n) is 6.44. The molecule has 148 valence electrons. The molecular formula is C13H6F6O6S2. The van der Waals surface area contributed by atoms with Crippen molar-refractivity contribution < 1.29 is 52.3 Å². The van der Waals surface area contributed by atoms with Gasteiger partial charge in [0.1, 0.15) is 9.79 Å². The van der Waals surface area contributed by atoms with Gasteiger partial charge in [0.25, 0.3) is 20.2 Å². The van der Waals surface area contributed by atoms with Crippen LogP contribution >= 0.6 is 0 Å². The zero-order valence-electron chi connectivity index (χ0n) is 12.5. The van der Waals surface area contributed by atoms with Crippen LogP contribution in [0.3, 0.4) is 0 Å². The molecule has 0 radical (unpaired) electrons. The van der Waals surface area contributed by atoms with Gasteiger partial charge in [-0.05, 0) is 12.1 Å². The minimum atomic E-state index is -5.44. The van der Waals surface area contributed by atoms with Gasteiger partial charge in [-0.3, -0.25) is 9.11 Å². The highest BCUT2D eigenvalue weighted by Crippen LogP contribution is 2.31. The SMILES string of the molecule is O=S(=O)(O)c1cc(F)c(F)c(F)c1Cc1c(S(=O)(=O)O)cc(F)c(F)c1F. The molecular weight excluding hydrogens is 430 g/mol. The minimum Gasteiger partial charge on any atom is -0.282 e. The third kappa shape index (κ3) is 3.92. The average Bonchev–Trinajstić information content (AvgIpc) is 2.52. The first-order valence-corrected chi connectivity index (χ1v) is 9.32. The highest BCUT2D eigenvalue weighted by molar-refractivity contribution is 7.86. The molecule has 6 nitrogen and oxygen atoms in total. The number of benzene rings is 2. The highest BCUT2D eigenvalue weighted by Gasteiger charge is 2.30. The van der Waals surface area contributed by atoms with Gasteiger partial charge >= 0.3 is 0 Å². The van der Waals surface area contributed by atoms with Crippen molar-refractivity contribution in [3.8, 4) is 0 Å². The third-order valence-electron chi connectivity index (χ3n) is 3.35. The van der Waals surface area contributed by atoms with E-state index >= 15 is 0 Å². The van der Waals surface area contributed by atoms with Crippen molar-refractivity contribution in [2.75, 3.05) is 0 Å². The number of hydrogen-bond donors (Lipinski definition) is 2. The first kappa shape index (κ1) is 21.1. The maximum absolute atomic E-state index is 14.0. The summed E-state index contributed by atoms with van der Waals surface area (Å²) in [4.78, 5) is -3.24. The summed E-state index contributed by atoms with van der Waals surface area (Å²) >= 11 is 0. The second-order valence-corrected chi connectivity index (χ2v) is 7.83. The van der Waals surface area contributed by atoms with Crippen LogP contribution in [0.4, 0.5) is 26.3 Å². The molecule has 0 amide bonds. The molecule has 0 saturated heterocycles. The Morgan fingerprint density at radius 3 is 1.19 bits per heavy atom. The smallest absolute Gasteiger partial charge is 0.282 e. The van der Waals surface area contributed by atoms with Gasteiger partial charge in [-0.25, -0.2) is 26.3 Å². The fraction of sp³-hybridized carbons (Fsp3) is 0.0769. The molecule has 0 atom stereocenters. The van der Waals surface area contributed by atoms with Crippen LogP contribution in [-0.4, -0.2) is 25.9 Å². The molecule has 0 aliphatic rings. The Balaban J connectivity index is 2.91. The number of halogens is 6. The summed E-state index contributed by atoms with van der Waals surface area (Å²) in [6, 6.07) is -0.373. The summed E-state index contributed by atoms with van der Waals surface area (Å²) in [6.07, 6.45) is -1.61. The van der Waals surface area contributed by atoms with Gasteiger partial charge in [0.05, 0.1) is 0 Å². The van der Waals surface area contributed by atoms with Gasteiger partial charge in [0, 0.05) is 17.5 Å². The van der Waals surface area contributed by atoms with E-state index in [4.69, 9.17) is 9.11 Å². The summed E-state index contributed by atoms with van der Waals surface area (Å²) in [6.45, 7) is 0. The van der Waals surface area contributed by atoms with E-state index in [-0.39, 0.29) is 12.1 Å². The molecule has 0 unspecified atom stereocenters. The monoisotopic (exact) mass is 436 g/mol. The van der Waals surface area contributed by atoms with E-state index < -0.39 is 82.5 Å². The van der Waals surface area contributed by atoms with Gasteiger partial charge < -0.3 is 0 Å². The van der Waals surface area contributed by atoms with E-state index in [0.717, 1.165) is 0 Å². The molecule has 0 fully saturated rings. The molecule has 2 N–H and O–H groups in total. The largest absolute Gasteiger partial charge is 0.295 e. The van der Waals surface area contributed by atoms with Gasteiger partial charge in [-0.2, -0.15) is 16.8 Å². The first-order chi connectivity index (χ1) is 12.2. The molecule has 0 aliphatic carbocycles. The summed E-state index contributed by atoms with van der Waals surface area (Å²) in [7, 11) is -10.9. The van der Waals surface area contributed by atoms with Crippen molar-refractivity contribution in [1.82, 2.24) is 0 Å². The fourth-order valence-electron chi connectivity index (χ4n) is 2.19. The average molecular weight is 436 g/mol. The van der Waals surface area contributed by atoms with Gasteiger partial charge in [-0.1, -0.05) is 0 Å². The second-order valence-electron chi connectivity index (χ2n) is 5.05. The van der Waals surface area contributed by atoms with Crippen molar-refractivity contribution in [2.24, 2.45) is 0 Å². The summed E-state index contributed by atoms with van der Waals surface area (Å²) < 4.78 is 144. The Labute approximate surface area is 147 Å². The minimum absolute atomic E-state index is 0.187. The van der Waals surface area contributed by atoms with Crippen molar-refractivity contribution in [3.05, 3.63) is 58.2 Å². The summed E-state index contributed by atoms with van der Waals surface area (Å²) in [5.74, 6) is -13.2. The predicted octanol–water partition coefficient (Wildman–Crippen LogP) is 2.61.